The fourth-order valence-corrected chi connectivity index (χ4v) is 4.80. The Kier molecular flexibility index (Phi) is 6.95. The Morgan fingerprint density at radius 1 is 0.969 bits per heavy atom. The molecule has 0 radical (unpaired) electrons. The molecule has 4 nitrogen and oxygen atoms in total. The molecular formula is C25H24F2N2O2S. The quantitative estimate of drug-likeness (QED) is 0.520. The number of nitrogens with one attached hydrogen (secondary N) is 1. The van der Waals surface area contributed by atoms with E-state index in [0.717, 1.165) is 30.6 Å². The van der Waals surface area contributed by atoms with E-state index in [0.29, 0.717) is 11.3 Å². The summed E-state index contributed by atoms with van der Waals surface area (Å²) in [5.41, 5.74) is 0.898. The van der Waals surface area contributed by atoms with Crippen LogP contribution in [0.1, 0.15) is 42.2 Å². The molecular weight excluding hydrogens is 430 g/mol. The third-order valence-electron chi connectivity index (χ3n) is 5.67. The van der Waals surface area contributed by atoms with Crippen LogP contribution in [0.25, 0.3) is 0 Å². The Labute approximate surface area is 189 Å². The summed E-state index contributed by atoms with van der Waals surface area (Å²) in [5.74, 6) is -1.49. The minimum atomic E-state index is -1.01. The predicted molar refractivity (Wildman–Crippen MR) is 121 cm³/mol. The van der Waals surface area contributed by atoms with Gasteiger partial charge in [-0.25, -0.2) is 8.78 Å². The first-order chi connectivity index (χ1) is 15.5. The summed E-state index contributed by atoms with van der Waals surface area (Å²) in [6.07, 6.45) is 3.98. The minimum absolute atomic E-state index is 0.0490. The van der Waals surface area contributed by atoms with Gasteiger partial charge < -0.3 is 5.32 Å². The van der Waals surface area contributed by atoms with Gasteiger partial charge in [0, 0.05) is 16.6 Å². The van der Waals surface area contributed by atoms with Crippen molar-refractivity contribution < 1.29 is 18.4 Å². The molecule has 0 bridgehead atoms. The number of carbonyl (C=O) groups is 2. The third kappa shape index (κ3) is 5.22. The molecule has 0 unspecified atom stereocenters. The summed E-state index contributed by atoms with van der Waals surface area (Å²) in [5, 5.41) is 4.95. The highest BCUT2D eigenvalue weighted by molar-refractivity contribution is 7.10. The van der Waals surface area contributed by atoms with Crippen molar-refractivity contribution in [3.8, 4) is 0 Å². The fourth-order valence-electron chi connectivity index (χ4n) is 4.10. The largest absolute Gasteiger partial charge is 0.351 e. The zero-order chi connectivity index (χ0) is 22.5. The van der Waals surface area contributed by atoms with Gasteiger partial charge in [-0.05, 0) is 66.2 Å². The van der Waals surface area contributed by atoms with Gasteiger partial charge in [0.1, 0.15) is 17.7 Å². The molecule has 4 rings (SSSR count). The highest BCUT2D eigenvalue weighted by atomic mass is 32.1. The Hall–Kier alpha value is -3.06. The van der Waals surface area contributed by atoms with Crippen molar-refractivity contribution in [2.45, 2.75) is 44.2 Å². The van der Waals surface area contributed by atoms with E-state index in [4.69, 9.17) is 0 Å². The summed E-state index contributed by atoms with van der Waals surface area (Å²) in [6, 6.07) is 13.8. The molecule has 2 amide bonds. The number of benzene rings is 2. The molecule has 1 saturated carbocycles. The lowest BCUT2D eigenvalue weighted by atomic mass is 10.0. The van der Waals surface area contributed by atoms with E-state index in [9.17, 15) is 18.4 Å². The predicted octanol–water partition coefficient (Wildman–Crippen LogP) is 5.40. The van der Waals surface area contributed by atoms with Crippen LogP contribution in [0, 0.1) is 11.6 Å². The number of thiophene rings is 1. The number of amides is 2. The van der Waals surface area contributed by atoms with E-state index < -0.39 is 17.7 Å². The van der Waals surface area contributed by atoms with Crippen molar-refractivity contribution >= 4 is 28.8 Å². The van der Waals surface area contributed by atoms with E-state index in [-0.39, 0.29) is 24.3 Å². The van der Waals surface area contributed by atoms with Crippen LogP contribution in [-0.4, -0.2) is 17.9 Å². The topological polar surface area (TPSA) is 49.4 Å². The van der Waals surface area contributed by atoms with Crippen LogP contribution in [0.3, 0.4) is 0 Å². The lowest BCUT2D eigenvalue weighted by Crippen LogP contribution is -2.46. The lowest BCUT2D eigenvalue weighted by Gasteiger charge is -2.32. The Morgan fingerprint density at radius 2 is 1.59 bits per heavy atom. The van der Waals surface area contributed by atoms with Crippen LogP contribution >= 0.6 is 11.3 Å². The average Bonchev–Trinajstić information content (AvgIpc) is 3.48. The van der Waals surface area contributed by atoms with Crippen molar-refractivity contribution in [3.63, 3.8) is 0 Å². The van der Waals surface area contributed by atoms with Gasteiger partial charge in [0.25, 0.3) is 0 Å². The van der Waals surface area contributed by atoms with Crippen LogP contribution in [0.15, 0.2) is 66.0 Å². The summed E-state index contributed by atoms with van der Waals surface area (Å²) in [7, 11) is 0. The van der Waals surface area contributed by atoms with Gasteiger partial charge in [0.2, 0.25) is 11.8 Å². The molecule has 166 valence electrons. The Balaban J connectivity index is 1.74. The van der Waals surface area contributed by atoms with Crippen LogP contribution in [-0.2, 0) is 16.0 Å². The molecule has 3 aromatic rings. The van der Waals surface area contributed by atoms with E-state index in [1.54, 1.807) is 0 Å². The minimum Gasteiger partial charge on any atom is -0.351 e. The molecule has 1 N–H and O–H groups in total. The van der Waals surface area contributed by atoms with E-state index in [2.05, 4.69) is 5.32 Å². The maximum atomic E-state index is 13.6. The fraction of sp³-hybridized carbons (Fsp3) is 0.280. The summed E-state index contributed by atoms with van der Waals surface area (Å²) >= 11 is 1.45. The van der Waals surface area contributed by atoms with Crippen LogP contribution in [0.4, 0.5) is 14.5 Å². The second-order valence-electron chi connectivity index (χ2n) is 7.94. The Morgan fingerprint density at radius 3 is 2.19 bits per heavy atom. The number of rotatable bonds is 7. The number of hydrogen-bond acceptors (Lipinski definition) is 3. The van der Waals surface area contributed by atoms with Gasteiger partial charge in [-0.1, -0.05) is 31.0 Å². The first-order valence-corrected chi connectivity index (χ1v) is 11.5. The molecule has 1 aliphatic rings. The van der Waals surface area contributed by atoms with Crippen molar-refractivity contribution in [3.05, 3.63) is 88.1 Å². The highest BCUT2D eigenvalue weighted by Gasteiger charge is 2.34. The van der Waals surface area contributed by atoms with Gasteiger partial charge in [-0.15, -0.1) is 11.3 Å². The van der Waals surface area contributed by atoms with Crippen LogP contribution in [0.2, 0.25) is 0 Å². The molecule has 32 heavy (non-hydrogen) atoms. The van der Waals surface area contributed by atoms with Crippen molar-refractivity contribution in [2.75, 3.05) is 4.90 Å². The molecule has 0 saturated heterocycles. The van der Waals surface area contributed by atoms with Crippen LogP contribution < -0.4 is 10.2 Å². The summed E-state index contributed by atoms with van der Waals surface area (Å²) < 4.78 is 27.3. The summed E-state index contributed by atoms with van der Waals surface area (Å²) in [6.45, 7) is 0. The van der Waals surface area contributed by atoms with Gasteiger partial charge >= 0.3 is 0 Å². The lowest BCUT2D eigenvalue weighted by molar-refractivity contribution is -0.127. The van der Waals surface area contributed by atoms with E-state index in [1.807, 2.05) is 17.5 Å². The maximum absolute atomic E-state index is 13.6. The number of carbonyl (C=O) groups excluding carboxylic acids is 2. The van der Waals surface area contributed by atoms with Gasteiger partial charge in [0.05, 0.1) is 6.42 Å². The van der Waals surface area contributed by atoms with Gasteiger partial charge in [0.15, 0.2) is 0 Å². The average molecular weight is 455 g/mol. The highest BCUT2D eigenvalue weighted by Crippen LogP contribution is 2.30. The van der Waals surface area contributed by atoms with E-state index in [1.165, 1.54) is 64.8 Å². The number of hydrogen-bond donors (Lipinski definition) is 1. The standard InChI is InChI=1S/C25H24F2N2O2S/c26-18-9-7-17(8-10-18)24(25(31)28-20-4-1-2-5-20)29(21-13-11-19(27)12-14-21)23(30)16-22-6-3-15-32-22/h3,6-15,20,24H,1-2,4-5,16H2,(H,28,31)/t24-/m0/s1. The maximum Gasteiger partial charge on any atom is 0.248 e. The van der Waals surface area contributed by atoms with Crippen molar-refractivity contribution in [1.82, 2.24) is 5.32 Å². The van der Waals surface area contributed by atoms with E-state index >= 15 is 0 Å². The van der Waals surface area contributed by atoms with Crippen LogP contribution in [0.5, 0.6) is 0 Å². The molecule has 1 aliphatic carbocycles. The molecule has 1 aromatic heterocycles. The molecule has 1 heterocycles. The molecule has 1 atom stereocenters. The SMILES string of the molecule is O=C(NC1CCCC1)[C@H](c1ccc(F)cc1)N(C(=O)Cc1cccs1)c1ccc(F)cc1. The number of halogens is 2. The number of nitrogens with zero attached hydrogens (tertiary/aromatic N) is 1. The monoisotopic (exact) mass is 454 g/mol. The first kappa shape index (κ1) is 22.1. The zero-order valence-corrected chi connectivity index (χ0v) is 18.3. The third-order valence-corrected chi connectivity index (χ3v) is 6.55. The second-order valence-corrected chi connectivity index (χ2v) is 8.97. The molecule has 0 aliphatic heterocycles. The second kappa shape index (κ2) is 10.0. The van der Waals surface area contributed by atoms with Crippen molar-refractivity contribution in [1.29, 1.82) is 0 Å². The molecule has 7 heteroatoms. The van der Waals surface area contributed by atoms with Gasteiger partial charge in [-0.2, -0.15) is 0 Å². The van der Waals surface area contributed by atoms with Gasteiger partial charge in [-0.3, -0.25) is 14.5 Å². The molecule has 1 fully saturated rings. The normalized spacial score (nSPS) is 14.8. The Bertz CT molecular complexity index is 1050. The first-order valence-electron chi connectivity index (χ1n) is 10.7. The zero-order valence-electron chi connectivity index (χ0n) is 17.5. The smallest absolute Gasteiger partial charge is 0.248 e. The summed E-state index contributed by atoms with van der Waals surface area (Å²) in [4.78, 5) is 29.3. The molecule has 0 spiro atoms. The van der Waals surface area contributed by atoms with Crippen molar-refractivity contribution in [2.24, 2.45) is 0 Å². The molecule has 2 aromatic carbocycles. The number of anilines is 1.